The van der Waals surface area contributed by atoms with Gasteiger partial charge in [-0.05, 0) is 12.1 Å². The number of anilines is 3. The van der Waals surface area contributed by atoms with Crippen LogP contribution in [0.25, 0.3) is 0 Å². The summed E-state index contributed by atoms with van der Waals surface area (Å²) in [4.78, 5) is 28.4. The molecule has 126 valence electrons. The number of nitro benzene ring substituents is 1. The van der Waals surface area contributed by atoms with Crippen molar-refractivity contribution in [3.8, 4) is 0 Å². The highest BCUT2D eigenvalue weighted by molar-refractivity contribution is 5.70. The third-order valence-corrected chi connectivity index (χ3v) is 2.74. The van der Waals surface area contributed by atoms with Crippen LogP contribution in [0.15, 0.2) is 30.6 Å². The second kappa shape index (κ2) is 7.15. The summed E-state index contributed by atoms with van der Waals surface area (Å²) < 4.78 is 0. The van der Waals surface area contributed by atoms with Crippen LogP contribution in [0.1, 0.15) is 0 Å². The van der Waals surface area contributed by atoms with E-state index in [4.69, 9.17) is 0 Å². The molecule has 1 heterocycles. The summed E-state index contributed by atoms with van der Waals surface area (Å²) in [5.74, 6) is -0.0364. The van der Waals surface area contributed by atoms with Crippen LogP contribution in [-0.4, -0.2) is 38.9 Å². The van der Waals surface area contributed by atoms with Gasteiger partial charge in [0.25, 0.3) is 5.69 Å². The molecule has 3 N–H and O–H groups in total. The average molecular weight is 334 g/mol. The molecule has 2 rings (SSSR count). The largest absolute Gasteiger partial charge is 0.356 e. The predicted octanol–water partition coefficient (Wildman–Crippen LogP) is 1.62. The number of rotatable bonds is 7. The lowest BCUT2D eigenvalue weighted by molar-refractivity contribution is -0.384. The molecule has 0 spiro atoms. The van der Waals surface area contributed by atoms with Crippen molar-refractivity contribution in [3.63, 3.8) is 0 Å². The fourth-order valence-electron chi connectivity index (χ4n) is 1.73. The number of nitrogens with zero attached hydrogens (tertiary/aromatic N) is 5. The standard InChI is InChI=1S/C12H14N8O4/c1-18(2)17-12-10(20(23)24)11(13-7-14-12)16-15-8-3-5-9(6-4-8)19(21)22/h3-7,15H,1-2H3,(H2,13,14,16,17). The van der Waals surface area contributed by atoms with E-state index in [2.05, 4.69) is 26.2 Å². The maximum Gasteiger partial charge on any atom is 0.356 e. The number of hydrogen-bond acceptors (Lipinski definition) is 10. The van der Waals surface area contributed by atoms with E-state index in [9.17, 15) is 20.2 Å². The van der Waals surface area contributed by atoms with Crippen LogP contribution in [0.4, 0.5) is 28.7 Å². The van der Waals surface area contributed by atoms with Crippen LogP contribution < -0.4 is 16.3 Å². The van der Waals surface area contributed by atoms with E-state index < -0.39 is 9.85 Å². The average Bonchev–Trinajstić information content (AvgIpc) is 2.52. The summed E-state index contributed by atoms with van der Waals surface area (Å²) in [5, 5.41) is 23.4. The summed E-state index contributed by atoms with van der Waals surface area (Å²) >= 11 is 0. The van der Waals surface area contributed by atoms with Gasteiger partial charge in [0, 0.05) is 26.2 Å². The Bertz CT molecular complexity index is 749. The SMILES string of the molecule is CN(C)Nc1ncnc(NNc2ccc([N+](=O)[O-])cc2)c1[N+](=O)[O-]. The Hall–Kier alpha value is -3.54. The Balaban J connectivity index is 2.19. The number of hydrazine groups is 2. The van der Waals surface area contributed by atoms with E-state index in [0.29, 0.717) is 5.69 Å². The van der Waals surface area contributed by atoms with Gasteiger partial charge in [0.2, 0.25) is 11.6 Å². The van der Waals surface area contributed by atoms with E-state index in [1.165, 1.54) is 35.6 Å². The molecule has 0 atom stereocenters. The highest BCUT2D eigenvalue weighted by Crippen LogP contribution is 2.29. The van der Waals surface area contributed by atoms with Gasteiger partial charge in [0.15, 0.2) is 0 Å². The quantitative estimate of drug-likeness (QED) is 0.503. The van der Waals surface area contributed by atoms with Gasteiger partial charge in [-0.25, -0.2) is 15.0 Å². The van der Waals surface area contributed by atoms with E-state index in [1.807, 2.05) is 0 Å². The molecule has 0 fully saturated rings. The molecule has 0 aliphatic heterocycles. The van der Waals surface area contributed by atoms with Crippen LogP contribution in [-0.2, 0) is 0 Å². The summed E-state index contributed by atoms with van der Waals surface area (Å²) in [5.41, 5.74) is 8.06. The summed E-state index contributed by atoms with van der Waals surface area (Å²) in [6, 6.07) is 5.52. The molecular weight excluding hydrogens is 320 g/mol. The summed E-state index contributed by atoms with van der Waals surface area (Å²) in [6.07, 6.45) is 1.17. The van der Waals surface area contributed by atoms with Gasteiger partial charge < -0.3 is 0 Å². The zero-order valence-corrected chi connectivity index (χ0v) is 12.8. The van der Waals surface area contributed by atoms with Crippen molar-refractivity contribution >= 4 is 28.7 Å². The third-order valence-electron chi connectivity index (χ3n) is 2.74. The number of benzene rings is 1. The number of nitrogens with one attached hydrogen (secondary N) is 3. The lowest BCUT2D eigenvalue weighted by Crippen LogP contribution is -2.22. The molecular formula is C12H14N8O4. The molecule has 0 radical (unpaired) electrons. The van der Waals surface area contributed by atoms with Crippen molar-refractivity contribution in [2.75, 3.05) is 30.4 Å². The van der Waals surface area contributed by atoms with Crippen LogP contribution >= 0.6 is 0 Å². The second-order valence-corrected chi connectivity index (χ2v) is 4.74. The van der Waals surface area contributed by atoms with E-state index in [-0.39, 0.29) is 23.0 Å². The van der Waals surface area contributed by atoms with Crippen molar-refractivity contribution in [1.29, 1.82) is 0 Å². The van der Waals surface area contributed by atoms with E-state index in [0.717, 1.165) is 0 Å². The zero-order valence-electron chi connectivity index (χ0n) is 12.8. The normalized spacial score (nSPS) is 10.3. The van der Waals surface area contributed by atoms with Crippen LogP contribution in [0.3, 0.4) is 0 Å². The minimum absolute atomic E-state index is 0.0213. The molecule has 0 aliphatic carbocycles. The maximum absolute atomic E-state index is 11.3. The Morgan fingerprint density at radius 1 is 0.958 bits per heavy atom. The van der Waals surface area contributed by atoms with Crippen molar-refractivity contribution < 1.29 is 9.85 Å². The van der Waals surface area contributed by atoms with Gasteiger partial charge in [0.1, 0.15) is 6.33 Å². The first-order chi connectivity index (χ1) is 11.4. The summed E-state index contributed by atoms with van der Waals surface area (Å²) in [7, 11) is 3.32. The molecule has 0 saturated carbocycles. The van der Waals surface area contributed by atoms with Gasteiger partial charge in [0.05, 0.1) is 15.5 Å². The molecule has 24 heavy (non-hydrogen) atoms. The molecule has 0 aliphatic rings. The molecule has 2 aromatic rings. The molecule has 0 unspecified atom stereocenters. The number of hydrogen-bond donors (Lipinski definition) is 3. The molecule has 0 saturated heterocycles. The molecule has 0 amide bonds. The number of non-ortho nitro benzene ring substituents is 1. The molecule has 0 bridgehead atoms. The minimum Gasteiger partial charge on any atom is -0.299 e. The highest BCUT2D eigenvalue weighted by atomic mass is 16.6. The lowest BCUT2D eigenvalue weighted by Gasteiger charge is -2.14. The number of nitro groups is 2. The molecule has 1 aromatic heterocycles. The Labute approximate surface area is 135 Å². The van der Waals surface area contributed by atoms with Crippen LogP contribution in [0.2, 0.25) is 0 Å². The first kappa shape index (κ1) is 16.8. The number of aromatic nitrogens is 2. The second-order valence-electron chi connectivity index (χ2n) is 4.74. The molecule has 1 aromatic carbocycles. The highest BCUT2D eigenvalue weighted by Gasteiger charge is 2.23. The van der Waals surface area contributed by atoms with Crippen LogP contribution in [0.5, 0.6) is 0 Å². The Kier molecular flexibility index (Phi) is 5.01. The topological polar surface area (TPSA) is 151 Å². The Morgan fingerprint density at radius 3 is 2.12 bits per heavy atom. The van der Waals surface area contributed by atoms with Crippen LogP contribution in [0, 0.1) is 20.2 Å². The van der Waals surface area contributed by atoms with Gasteiger partial charge in [-0.3, -0.25) is 36.5 Å². The predicted molar refractivity (Wildman–Crippen MR) is 86.3 cm³/mol. The smallest absolute Gasteiger partial charge is 0.299 e. The van der Waals surface area contributed by atoms with Crippen molar-refractivity contribution in [2.45, 2.75) is 0 Å². The summed E-state index contributed by atoms with van der Waals surface area (Å²) in [6.45, 7) is 0. The van der Waals surface area contributed by atoms with Crippen molar-refractivity contribution in [1.82, 2.24) is 15.0 Å². The van der Waals surface area contributed by atoms with Gasteiger partial charge >= 0.3 is 5.69 Å². The zero-order chi connectivity index (χ0) is 17.7. The molecule has 12 heteroatoms. The first-order valence-corrected chi connectivity index (χ1v) is 6.58. The third kappa shape index (κ3) is 4.01. The Morgan fingerprint density at radius 2 is 1.58 bits per heavy atom. The van der Waals surface area contributed by atoms with Gasteiger partial charge in [-0.2, -0.15) is 0 Å². The van der Waals surface area contributed by atoms with Gasteiger partial charge in [-0.15, -0.1) is 0 Å². The van der Waals surface area contributed by atoms with Crippen molar-refractivity contribution in [3.05, 3.63) is 50.8 Å². The van der Waals surface area contributed by atoms with Crippen molar-refractivity contribution in [2.24, 2.45) is 0 Å². The maximum atomic E-state index is 11.3. The van der Waals surface area contributed by atoms with E-state index in [1.54, 1.807) is 14.1 Å². The first-order valence-electron chi connectivity index (χ1n) is 6.58. The minimum atomic E-state index is -0.619. The lowest BCUT2D eigenvalue weighted by atomic mass is 10.3. The monoisotopic (exact) mass is 334 g/mol. The fourth-order valence-corrected chi connectivity index (χ4v) is 1.73. The van der Waals surface area contributed by atoms with Gasteiger partial charge in [-0.1, -0.05) is 0 Å². The van der Waals surface area contributed by atoms with E-state index >= 15 is 0 Å². The fraction of sp³-hybridized carbons (Fsp3) is 0.167. The molecule has 12 nitrogen and oxygen atoms in total.